The third-order valence-electron chi connectivity index (χ3n) is 3.65. The number of phenols is 1. The molecule has 0 radical (unpaired) electrons. The molecule has 3 aromatic carbocycles. The monoisotopic (exact) mass is 304 g/mol. The van der Waals surface area contributed by atoms with Crippen LogP contribution in [0.4, 0.5) is 5.69 Å². The first-order valence-electron chi connectivity index (χ1n) is 7.35. The SMILES string of the molecule is Cc1cc(N=NC(=O)Cc2ccccc2)c2ccccc2c1O. The number of benzene rings is 3. The highest BCUT2D eigenvalue weighted by Crippen LogP contribution is 2.35. The van der Waals surface area contributed by atoms with Crippen LogP contribution in [0.5, 0.6) is 5.75 Å². The number of phenolic OH excluding ortho intramolecular Hbond substituents is 1. The van der Waals surface area contributed by atoms with Gasteiger partial charge in [-0.15, -0.1) is 10.2 Å². The molecule has 0 unspecified atom stereocenters. The normalized spacial score (nSPS) is 11.2. The predicted octanol–water partition coefficient (Wildman–Crippen LogP) is 4.71. The summed E-state index contributed by atoms with van der Waals surface area (Å²) in [6.07, 6.45) is 0.222. The Morgan fingerprint density at radius 3 is 2.39 bits per heavy atom. The smallest absolute Gasteiger partial charge is 0.269 e. The maximum absolute atomic E-state index is 12.0. The van der Waals surface area contributed by atoms with E-state index in [0.717, 1.165) is 10.9 Å². The first-order chi connectivity index (χ1) is 11.1. The fourth-order valence-corrected chi connectivity index (χ4v) is 2.47. The minimum absolute atomic E-state index is 0.222. The number of azo groups is 1. The number of carbonyl (C=O) groups excluding carboxylic acids is 1. The number of hydrogen-bond acceptors (Lipinski definition) is 3. The fraction of sp³-hybridized carbons (Fsp3) is 0.105. The van der Waals surface area contributed by atoms with Gasteiger partial charge in [0, 0.05) is 10.8 Å². The molecule has 0 aliphatic carbocycles. The predicted molar refractivity (Wildman–Crippen MR) is 90.0 cm³/mol. The first-order valence-corrected chi connectivity index (χ1v) is 7.35. The molecular weight excluding hydrogens is 288 g/mol. The Hall–Kier alpha value is -3.01. The lowest BCUT2D eigenvalue weighted by Gasteiger charge is -2.06. The zero-order valence-electron chi connectivity index (χ0n) is 12.7. The third kappa shape index (κ3) is 3.26. The molecule has 0 atom stereocenters. The molecule has 0 bridgehead atoms. The highest BCUT2D eigenvalue weighted by molar-refractivity contribution is 5.97. The Bertz CT molecular complexity index is 887. The molecule has 0 aromatic heterocycles. The van der Waals surface area contributed by atoms with Crippen LogP contribution in [-0.2, 0) is 11.2 Å². The van der Waals surface area contributed by atoms with Crippen molar-refractivity contribution in [2.24, 2.45) is 10.2 Å². The van der Waals surface area contributed by atoms with Crippen molar-refractivity contribution in [1.29, 1.82) is 0 Å². The summed E-state index contributed by atoms with van der Waals surface area (Å²) in [6.45, 7) is 1.80. The summed E-state index contributed by atoms with van der Waals surface area (Å²) in [7, 11) is 0. The van der Waals surface area contributed by atoms with E-state index in [4.69, 9.17) is 0 Å². The lowest BCUT2D eigenvalue weighted by atomic mass is 10.0. The van der Waals surface area contributed by atoms with Gasteiger partial charge >= 0.3 is 0 Å². The first kappa shape index (κ1) is 14.9. The zero-order valence-corrected chi connectivity index (χ0v) is 12.7. The van der Waals surface area contributed by atoms with E-state index in [0.29, 0.717) is 16.6 Å². The summed E-state index contributed by atoms with van der Waals surface area (Å²) in [5.41, 5.74) is 2.19. The second kappa shape index (κ2) is 6.40. The number of carbonyl (C=O) groups is 1. The number of amides is 1. The van der Waals surface area contributed by atoms with Gasteiger partial charge in [-0.1, -0.05) is 54.6 Å². The highest BCUT2D eigenvalue weighted by atomic mass is 16.3. The van der Waals surface area contributed by atoms with Crippen LogP contribution in [0.15, 0.2) is 70.9 Å². The van der Waals surface area contributed by atoms with Gasteiger partial charge < -0.3 is 5.11 Å². The molecule has 0 saturated heterocycles. The quantitative estimate of drug-likeness (QED) is 0.712. The molecule has 3 rings (SSSR count). The second-order valence-corrected chi connectivity index (χ2v) is 5.36. The van der Waals surface area contributed by atoms with E-state index in [-0.39, 0.29) is 18.1 Å². The maximum Gasteiger partial charge on any atom is 0.269 e. The molecule has 0 aliphatic rings. The molecule has 0 spiro atoms. The number of aryl methyl sites for hydroxylation is 1. The van der Waals surface area contributed by atoms with Crippen molar-refractivity contribution in [2.45, 2.75) is 13.3 Å². The van der Waals surface area contributed by atoms with Gasteiger partial charge in [0.25, 0.3) is 5.91 Å². The van der Waals surface area contributed by atoms with Crippen LogP contribution in [0.1, 0.15) is 11.1 Å². The molecule has 1 amide bonds. The summed E-state index contributed by atoms with van der Waals surface area (Å²) in [6, 6.07) is 18.6. The average molecular weight is 304 g/mol. The van der Waals surface area contributed by atoms with Crippen LogP contribution in [-0.4, -0.2) is 11.0 Å². The van der Waals surface area contributed by atoms with E-state index in [1.54, 1.807) is 13.0 Å². The number of aromatic hydroxyl groups is 1. The van der Waals surface area contributed by atoms with Gasteiger partial charge in [0.1, 0.15) is 5.75 Å². The van der Waals surface area contributed by atoms with E-state index in [1.165, 1.54) is 0 Å². The lowest BCUT2D eigenvalue weighted by Crippen LogP contribution is -1.97. The molecule has 3 aromatic rings. The molecule has 0 saturated carbocycles. The van der Waals surface area contributed by atoms with E-state index in [9.17, 15) is 9.90 Å². The van der Waals surface area contributed by atoms with Crippen LogP contribution < -0.4 is 0 Å². The number of fused-ring (bicyclic) bond motifs is 1. The minimum atomic E-state index is -0.300. The summed E-state index contributed by atoms with van der Waals surface area (Å²) in [5, 5.41) is 19.5. The Morgan fingerprint density at radius 1 is 1.00 bits per heavy atom. The maximum atomic E-state index is 12.0. The Labute approximate surface area is 134 Å². The molecule has 114 valence electrons. The van der Waals surface area contributed by atoms with Crippen molar-refractivity contribution < 1.29 is 9.90 Å². The third-order valence-corrected chi connectivity index (χ3v) is 3.65. The molecule has 1 N–H and O–H groups in total. The van der Waals surface area contributed by atoms with E-state index < -0.39 is 0 Å². The van der Waals surface area contributed by atoms with Gasteiger partial charge in [0.15, 0.2) is 0 Å². The van der Waals surface area contributed by atoms with Crippen molar-refractivity contribution >= 4 is 22.4 Å². The summed E-state index contributed by atoms with van der Waals surface area (Å²) >= 11 is 0. The summed E-state index contributed by atoms with van der Waals surface area (Å²) in [5.74, 6) is -0.0684. The van der Waals surface area contributed by atoms with Gasteiger partial charge in [0.05, 0.1) is 12.1 Å². The molecule has 0 aliphatic heterocycles. The summed E-state index contributed by atoms with van der Waals surface area (Å²) < 4.78 is 0. The number of rotatable bonds is 3. The van der Waals surface area contributed by atoms with Crippen LogP contribution in [0, 0.1) is 6.92 Å². The van der Waals surface area contributed by atoms with E-state index >= 15 is 0 Å². The fourth-order valence-electron chi connectivity index (χ4n) is 2.47. The van der Waals surface area contributed by atoms with Crippen LogP contribution >= 0.6 is 0 Å². The van der Waals surface area contributed by atoms with Crippen LogP contribution in [0.25, 0.3) is 10.8 Å². The summed E-state index contributed by atoms with van der Waals surface area (Å²) in [4.78, 5) is 12.0. The van der Waals surface area contributed by atoms with E-state index in [2.05, 4.69) is 10.2 Å². The molecule has 0 heterocycles. The van der Waals surface area contributed by atoms with Crippen molar-refractivity contribution in [3.63, 3.8) is 0 Å². The molecule has 0 fully saturated rings. The van der Waals surface area contributed by atoms with Crippen molar-refractivity contribution in [3.05, 3.63) is 71.8 Å². The van der Waals surface area contributed by atoms with Crippen molar-refractivity contribution in [2.75, 3.05) is 0 Å². The largest absolute Gasteiger partial charge is 0.507 e. The van der Waals surface area contributed by atoms with Gasteiger partial charge in [0.2, 0.25) is 0 Å². The second-order valence-electron chi connectivity index (χ2n) is 5.36. The van der Waals surface area contributed by atoms with Gasteiger partial charge in [-0.25, -0.2) is 0 Å². The van der Waals surface area contributed by atoms with Crippen LogP contribution in [0.3, 0.4) is 0 Å². The van der Waals surface area contributed by atoms with Gasteiger partial charge in [-0.3, -0.25) is 4.79 Å². The number of nitrogens with zero attached hydrogens (tertiary/aromatic N) is 2. The number of hydrogen-bond donors (Lipinski definition) is 1. The van der Waals surface area contributed by atoms with Crippen LogP contribution in [0.2, 0.25) is 0 Å². The Balaban J connectivity index is 1.89. The lowest BCUT2D eigenvalue weighted by molar-refractivity contribution is -0.117. The molecule has 4 nitrogen and oxygen atoms in total. The van der Waals surface area contributed by atoms with Crippen molar-refractivity contribution in [1.82, 2.24) is 0 Å². The Kier molecular flexibility index (Phi) is 4.15. The van der Waals surface area contributed by atoms with E-state index in [1.807, 2.05) is 54.6 Å². The molecule has 23 heavy (non-hydrogen) atoms. The molecular formula is C19H16N2O2. The minimum Gasteiger partial charge on any atom is -0.507 e. The van der Waals surface area contributed by atoms with Crippen molar-refractivity contribution in [3.8, 4) is 5.75 Å². The topological polar surface area (TPSA) is 62.0 Å². The average Bonchev–Trinajstić information content (AvgIpc) is 2.58. The highest BCUT2D eigenvalue weighted by Gasteiger charge is 2.09. The van der Waals surface area contributed by atoms with Gasteiger partial charge in [-0.2, -0.15) is 0 Å². The molecule has 4 heteroatoms. The Morgan fingerprint density at radius 2 is 1.65 bits per heavy atom. The zero-order chi connectivity index (χ0) is 16.2. The standard InChI is InChI=1S/C19H16N2O2/c1-13-11-17(15-9-5-6-10-16(15)19(13)23)20-21-18(22)12-14-7-3-2-4-8-14/h2-11,23H,12H2,1H3. The van der Waals surface area contributed by atoms with Gasteiger partial charge in [-0.05, 0) is 24.1 Å².